The Bertz CT molecular complexity index is 863. The summed E-state index contributed by atoms with van der Waals surface area (Å²) >= 11 is 5.92. The Hall–Kier alpha value is -2.73. The van der Waals surface area contributed by atoms with E-state index in [1.165, 1.54) is 6.07 Å². The topological polar surface area (TPSA) is 78.9 Å². The van der Waals surface area contributed by atoms with Gasteiger partial charge >= 0.3 is 0 Å². The lowest BCUT2D eigenvalue weighted by Crippen LogP contribution is -2.43. The first-order chi connectivity index (χ1) is 13.4. The van der Waals surface area contributed by atoms with Gasteiger partial charge in [-0.2, -0.15) is 0 Å². The van der Waals surface area contributed by atoms with E-state index in [2.05, 4.69) is 5.32 Å². The number of phenolic OH excluding ortho intramolecular Hbond substituents is 1. The number of amides is 2. The van der Waals surface area contributed by atoms with Gasteiger partial charge in [0.15, 0.2) is 6.61 Å². The fraction of sp³-hybridized carbons (Fsp3) is 0.333. The third-order valence-electron chi connectivity index (χ3n) is 4.87. The molecule has 3 rings (SSSR count). The maximum Gasteiger partial charge on any atom is 0.260 e. The maximum absolute atomic E-state index is 12.4. The number of hydrogen-bond donors (Lipinski definition) is 2. The fourth-order valence-corrected chi connectivity index (χ4v) is 3.44. The van der Waals surface area contributed by atoms with Gasteiger partial charge in [-0.3, -0.25) is 9.59 Å². The molecule has 0 saturated carbocycles. The highest BCUT2D eigenvalue weighted by Crippen LogP contribution is 2.25. The normalized spacial score (nSPS) is 14.6. The van der Waals surface area contributed by atoms with E-state index >= 15 is 0 Å². The second-order valence-corrected chi connectivity index (χ2v) is 7.30. The zero-order valence-corrected chi connectivity index (χ0v) is 16.4. The summed E-state index contributed by atoms with van der Waals surface area (Å²) in [6, 6.07) is 11.9. The molecule has 0 unspecified atom stereocenters. The van der Waals surface area contributed by atoms with Crippen LogP contribution in [0.3, 0.4) is 0 Å². The van der Waals surface area contributed by atoms with Crippen molar-refractivity contribution in [3.8, 4) is 11.5 Å². The number of aromatic hydroxyl groups is 1. The second kappa shape index (κ2) is 8.97. The molecule has 2 N–H and O–H groups in total. The van der Waals surface area contributed by atoms with Gasteiger partial charge in [-0.25, -0.2) is 0 Å². The smallest absolute Gasteiger partial charge is 0.260 e. The number of aryl methyl sites for hydroxylation is 1. The number of rotatable bonds is 5. The van der Waals surface area contributed by atoms with Crippen LogP contribution in [0.15, 0.2) is 42.5 Å². The summed E-state index contributed by atoms with van der Waals surface area (Å²) in [5.41, 5.74) is 1.28. The minimum absolute atomic E-state index is 0.0399. The summed E-state index contributed by atoms with van der Waals surface area (Å²) in [6.07, 6.45) is 1.15. The van der Waals surface area contributed by atoms with E-state index in [0.29, 0.717) is 42.4 Å². The quantitative estimate of drug-likeness (QED) is 0.749. The molecule has 2 aromatic rings. The summed E-state index contributed by atoms with van der Waals surface area (Å²) in [4.78, 5) is 26.5. The average Bonchev–Trinajstić information content (AvgIpc) is 2.69. The zero-order chi connectivity index (χ0) is 20.1. The van der Waals surface area contributed by atoms with Crippen LogP contribution in [0, 0.1) is 12.8 Å². The van der Waals surface area contributed by atoms with Crippen molar-refractivity contribution in [2.75, 3.05) is 25.0 Å². The van der Waals surface area contributed by atoms with Gasteiger partial charge in [-0.15, -0.1) is 0 Å². The number of phenols is 1. The molecule has 1 saturated heterocycles. The van der Waals surface area contributed by atoms with Crippen molar-refractivity contribution in [1.82, 2.24) is 4.90 Å². The largest absolute Gasteiger partial charge is 0.506 e. The highest BCUT2D eigenvalue weighted by atomic mass is 35.5. The Morgan fingerprint density at radius 3 is 2.61 bits per heavy atom. The number of carbonyl (C=O) groups excluding carboxylic acids is 2. The number of hydrogen-bond acceptors (Lipinski definition) is 4. The van der Waals surface area contributed by atoms with Crippen LogP contribution in [0.1, 0.15) is 18.4 Å². The summed E-state index contributed by atoms with van der Waals surface area (Å²) in [5, 5.41) is 13.2. The number of nitrogens with one attached hydrogen (secondary N) is 1. The molecule has 0 aliphatic carbocycles. The molecule has 28 heavy (non-hydrogen) atoms. The molecular weight excluding hydrogens is 380 g/mol. The molecule has 0 radical (unpaired) electrons. The molecule has 1 aliphatic heterocycles. The molecular formula is C21H23ClN2O4. The lowest BCUT2D eigenvalue weighted by atomic mass is 9.95. The number of nitrogens with zero attached hydrogens (tertiary/aromatic N) is 1. The summed E-state index contributed by atoms with van der Waals surface area (Å²) in [5.74, 6) is 0.242. The number of para-hydroxylation sites is 2. The Balaban J connectivity index is 1.47. The summed E-state index contributed by atoms with van der Waals surface area (Å²) in [7, 11) is 0. The van der Waals surface area contributed by atoms with E-state index in [9.17, 15) is 14.7 Å². The molecule has 0 aromatic heterocycles. The molecule has 1 aliphatic rings. The van der Waals surface area contributed by atoms with Gasteiger partial charge in [0.25, 0.3) is 5.91 Å². The van der Waals surface area contributed by atoms with Crippen LogP contribution in [-0.4, -0.2) is 41.5 Å². The van der Waals surface area contributed by atoms with Crippen molar-refractivity contribution in [1.29, 1.82) is 0 Å². The Morgan fingerprint density at radius 2 is 1.93 bits per heavy atom. The van der Waals surface area contributed by atoms with Crippen LogP contribution in [-0.2, 0) is 9.59 Å². The highest BCUT2D eigenvalue weighted by molar-refractivity contribution is 6.30. The van der Waals surface area contributed by atoms with Crippen LogP contribution in [0.4, 0.5) is 5.69 Å². The molecule has 1 fully saturated rings. The van der Waals surface area contributed by atoms with Gasteiger partial charge in [0.05, 0.1) is 5.69 Å². The monoisotopic (exact) mass is 402 g/mol. The Kier molecular flexibility index (Phi) is 6.41. The van der Waals surface area contributed by atoms with Gasteiger partial charge in [0.2, 0.25) is 5.91 Å². The molecule has 1 heterocycles. The lowest BCUT2D eigenvalue weighted by Gasteiger charge is -2.31. The van der Waals surface area contributed by atoms with Gasteiger partial charge in [-0.05, 0) is 55.7 Å². The first-order valence-electron chi connectivity index (χ1n) is 9.19. The predicted molar refractivity (Wildman–Crippen MR) is 108 cm³/mol. The van der Waals surface area contributed by atoms with Crippen molar-refractivity contribution in [2.24, 2.45) is 5.92 Å². The second-order valence-electron chi connectivity index (χ2n) is 6.86. The molecule has 0 spiro atoms. The van der Waals surface area contributed by atoms with E-state index in [0.717, 1.165) is 5.56 Å². The third kappa shape index (κ3) is 4.95. The van der Waals surface area contributed by atoms with Crippen LogP contribution in [0.25, 0.3) is 0 Å². The lowest BCUT2D eigenvalue weighted by molar-refractivity contribution is -0.136. The van der Waals surface area contributed by atoms with E-state index in [1.54, 1.807) is 41.3 Å². The molecule has 0 bridgehead atoms. The van der Waals surface area contributed by atoms with Gasteiger partial charge < -0.3 is 20.1 Å². The Labute approximate surface area is 169 Å². The van der Waals surface area contributed by atoms with Crippen molar-refractivity contribution in [2.45, 2.75) is 19.8 Å². The summed E-state index contributed by atoms with van der Waals surface area (Å²) < 4.78 is 5.62. The van der Waals surface area contributed by atoms with Crippen molar-refractivity contribution >= 4 is 29.1 Å². The molecule has 7 heteroatoms. The number of piperidine rings is 1. The number of anilines is 1. The molecule has 2 aromatic carbocycles. The fourth-order valence-electron chi connectivity index (χ4n) is 3.21. The molecule has 0 atom stereocenters. The third-order valence-corrected chi connectivity index (χ3v) is 5.10. The number of benzene rings is 2. The minimum Gasteiger partial charge on any atom is -0.506 e. The zero-order valence-electron chi connectivity index (χ0n) is 15.7. The van der Waals surface area contributed by atoms with Crippen LogP contribution >= 0.6 is 11.6 Å². The highest BCUT2D eigenvalue weighted by Gasteiger charge is 2.28. The number of ether oxygens (including phenoxy) is 1. The van der Waals surface area contributed by atoms with Gasteiger partial charge in [0, 0.05) is 24.0 Å². The van der Waals surface area contributed by atoms with Crippen molar-refractivity contribution in [3.05, 3.63) is 53.1 Å². The average molecular weight is 403 g/mol. The predicted octanol–water partition coefficient (Wildman–Crippen LogP) is 3.61. The molecule has 6 nitrogen and oxygen atoms in total. The first kappa shape index (κ1) is 20.0. The molecule has 148 valence electrons. The Morgan fingerprint density at radius 1 is 1.21 bits per heavy atom. The SMILES string of the molecule is Cc1cc(Cl)ccc1OCC(=O)N1CCC(C(=O)Nc2ccccc2O)CC1. The first-order valence-corrected chi connectivity index (χ1v) is 9.57. The minimum atomic E-state index is -0.192. The van der Waals surface area contributed by atoms with E-state index < -0.39 is 0 Å². The number of carbonyl (C=O) groups is 2. The number of likely N-dealkylation sites (tertiary alicyclic amines) is 1. The number of halogens is 1. The van der Waals surface area contributed by atoms with Crippen LogP contribution in [0.2, 0.25) is 5.02 Å². The van der Waals surface area contributed by atoms with E-state index in [-0.39, 0.29) is 30.1 Å². The maximum atomic E-state index is 12.4. The van der Waals surface area contributed by atoms with Gasteiger partial charge in [-0.1, -0.05) is 23.7 Å². The van der Waals surface area contributed by atoms with Crippen LogP contribution < -0.4 is 10.1 Å². The standard InChI is InChI=1S/C21H23ClN2O4/c1-14-12-16(22)6-7-19(14)28-13-20(26)24-10-8-15(9-11-24)21(27)23-17-4-2-3-5-18(17)25/h2-7,12,15,25H,8-11,13H2,1H3,(H,23,27). The van der Waals surface area contributed by atoms with E-state index in [1.807, 2.05) is 6.92 Å². The summed E-state index contributed by atoms with van der Waals surface area (Å²) in [6.45, 7) is 2.83. The van der Waals surface area contributed by atoms with Crippen molar-refractivity contribution in [3.63, 3.8) is 0 Å². The molecule has 2 amide bonds. The van der Waals surface area contributed by atoms with Crippen LogP contribution in [0.5, 0.6) is 11.5 Å². The van der Waals surface area contributed by atoms with Crippen molar-refractivity contribution < 1.29 is 19.4 Å². The van der Waals surface area contributed by atoms with E-state index in [4.69, 9.17) is 16.3 Å². The van der Waals surface area contributed by atoms with Gasteiger partial charge in [0.1, 0.15) is 11.5 Å².